The molecule has 2 aromatic carbocycles. The van der Waals surface area contributed by atoms with Crippen LogP contribution in [-0.2, 0) is 0 Å². The van der Waals surface area contributed by atoms with Crippen LogP contribution in [0.3, 0.4) is 0 Å². The van der Waals surface area contributed by atoms with Crippen molar-refractivity contribution in [2.24, 2.45) is 0 Å². The van der Waals surface area contributed by atoms with Crippen LogP contribution in [0.5, 0.6) is 0 Å². The fourth-order valence-corrected chi connectivity index (χ4v) is 2.69. The monoisotopic (exact) mass is 296 g/mol. The first-order valence-corrected chi connectivity index (χ1v) is 7.31. The molecule has 0 aliphatic rings. The number of hydrogen-bond acceptors (Lipinski definition) is 4. The van der Waals surface area contributed by atoms with Crippen molar-refractivity contribution in [3.63, 3.8) is 0 Å². The highest BCUT2D eigenvalue weighted by atomic mass is 35.7. The molecule has 0 saturated heterocycles. The minimum atomic E-state index is -4.94. The van der Waals surface area contributed by atoms with E-state index in [1.54, 1.807) is 0 Å². The van der Waals surface area contributed by atoms with Gasteiger partial charge in [-0.1, -0.05) is 24.3 Å². The number of rotatable bonds is 0. The zero-order chi connectivity index (χ0) is 13.9. The highest BCUT2D eigenvalue weighted by Crippen LogP contribution is 2.27. The molecular formula is C13H9ClO4S. The van der Waals surface area contributed by atoms with Gasteiger partial charge in [-0.05, 0) is 18.2 Å². The summed E-state index contributed by atoms with van der Waals surface area (Å²) in [4.78, 5) is 0. The molecule has 0 fully saturated rings. The number of benzene rings is 2. The lowest BCUT2D eigenvalue weighted by Gasteiger charge is -2.17. The fraction of sp³-hybridized carbons (Fsp3) is 0. The molecule has 0 aliphatic carbocycles. The maximum atomic E-state index is 8.49. The Morgan fingerprint density at radius 2 is 1.05 bits per heavy atom. The molecular weight excluding hydrogens is 288 g/mol. The Morgan fingerprint density at radius 1 is 0.684 bits per heavy atom. The topological polar surface area (TPSA) is 92.2 Å². The third-order valence-corrected chi connectivity index (χ3v) is 3.55. The number of halogens is 1. The third-order valence-electron chi connectivity index (χ3n) is 2.37. The predicted octanol–water partition coefficient (Wildman–Crippen LogP) is -0.420. The average molecular weight is 297 g/mol. The van der Waals surface area contributed by atoms with Gasteiger partial charge in [0.05, 0.1) is 0 Å². The van der Waals surface area contributed by atoms with Crippen molar-refractivity contribution in [1.82, 2.24) is 0 Å². The molecule has 1 heterocycles. The average Bonchev–Trinajstić information content (AvgIpc) is 2.34. The minimum absolute atomic E-state index is 1.33. The van der Waals surface area contributed by atoms with Gasteiger partial charge in [-0.2, -0.15) is 0 Å². The van der Waals surface area contributed by atoms with E-state index < -0.39 is 10.2 Å². The van der Waals surface area contributed by atoms with Crippen LogP contribution in [0.1, 0.15) is 0 Å². The first-order chi connectivity index (χ1) is 8.93. The fourth-order valence-electron chi connectivity index (χ4n) is 1.67. The Balaban J connectivity index is 0.000000232. The molecule has 0 N–H and O–H groups in total. The molecule has 0 unspecified atom stereocenters. The molecule has 0 amide bonds. The van der Waals surface area contributed by atoms with E-state index in [0.717, 1.165) is 0 Å². The van der Waals surface area contributed by atoms with Crippen LogP contribution in [0.2, 0.25) is 0 Å². The van der Waals surface area contributed by atoms with Crippen LogP contribution in [0.25, 0.3) is 20.2 Å². The predicted molar refractivity (Wildman–Crippen MR) is 63.7 cm³/mol. The van der Waals surface area contributed by atoms with Crippen molar-refractivity contribution in [2.75, 3.05) is 0 Å². The van der Waals surface area contributed by atoms with Crippen molar-refractivity contribution >= 4 is 31.5 Å². The maximum absolute atomic E-state index is 8.49. The SMILES string of the molecule is [O-][Cl+3]([O-])([O-])[O-].c1ccc2[s+]c3ccccc3cc2c1. The summed E-state index contributed by atoms with van der Waals surface area (Å²) in [6.07, 6.45) is 0. The zero-order valence-corrected chi connectivity index (χ0v) is 11.2. The minimum Gasteiger partial charge on any atom is -0.222 e. The van der Waals surface area contributed by atoms with E-state index in [0.29, 0.717) is 0 Å². The Labute approximate surface area is 115 Å². The smallest absolute Gasteiger partial charge is 0.222 e. The molecule has 3 aromatic rings. The van der Waals surface area contributed by atoms with Gasteiger partial charge in [-0.3, -0.25) is 0 Å². The molecule has 98 valence electrons. The summed E-state index contributed by atoms with van der Waals surface area (Å²) in [7, 11) is -4.94. The summed E-state index contributed by atoms with van der Waals surface area (Å²) in [6.45, 7) is 0. The molecule has 0 spiro atoms. The standard InChI is InChI=1S/C13H9S.ClHO4/c1-3-7-12-10(5-1)9-11-6-2-4-8-13(11)14-12;2-1(3,4)5/h1-9H;(H,2,3,4,5)/q+1;/p-1. The van der Waals surface area contributed by atoms with Crippen molar-refractivity contribution in [2.45, 2.75) is 0 Å². The maximum Gasteiger partial charge on any atom is 0.238 e. The van der Waals surface area contributed by atoms with Crippen LogP contribution in [-0.4, -0.2) is 0 Å². The van der Waals surface area contributed by atoms with Crippen molar-refractivity contribution in [1.29, 1.82) is 0 Å². The first kappa shape index (κ1) is 14.1. The second kappa shape index (κ2) is 5.75. The second-order valence-corrected chi connectivity index (χ2v) is 5.54. The lowest BCUT2D eigenvalue weighted by molar-refractivity contribution is -2.00. The van der Waals surface area contributed by atoms with Gasteiger partial charge in [-0.25, -0.2) is 18.6 Å². The van der Waals surface area contributed by atoms with Crippen molar-refractivity contribution in [3.8, 4) is 0 Å². The lowest BCUT2D eigenvalue weighted by atomic mass is 10.2. The Kier molecular flexibility index (Phi) is 4.26. The third kappa shape index (κ3) is 4.36. The molecule has 6 heteroatoms. The Hall–Kier alpha value is -1.34. The van der Waals surface area contributed by atoms with Crippen molar-refractivity contribution < 1.29 is 28.9 Å². The quantitative estimate of drug-likeness (QED) is 0.416. The summed E-state index contributed by atoms with van der Waals surface area (Å²) >= 11 is 1.85. The molecule has 0 saturated carbocycles. The molecule has 1 aromatic heterocycles. The summed E-state index contributed by atoms with van der Waals surface area (Å²) in [5.41, 5.74) is 0. The van der Waals surface area contributed by atoms with E-state index in [9.17, 15) is 0 Å². The highest BCUT2D eigenvalue weighted by Gasteiger charge is 2.08. The second-order valence-electron chi connectivity index (χ2n) is 3.70. The molecule has 0 bridgehead atoms. The van der Waals surface area contributed by atoms with Crippen LogP contribution in [0.15, 0.2) is 54.6 Å². The summed E-state index contributed by atoms with van der Waals surface area (Å²) < 4.78 is 36.7. The van der Waals surface area contributed by atoms with Gasteiger partial charge in [0.25, 0.3) is 0 Å². The molecule has 0 radical (unpaired) electrons. The van der Waals surface area contributed by atoms with E-state index in [-0.39, 0.29) is 0 Å². The number of hydrogen-bond donors (Lipinski definition) is 0. The van der Waals surface area contributed by atoms with E-state index in [1.165, 1.54) is 20.2 Å². The summed E-state index contributed by atoms with van der Waals surface area (Å²) in [6, 6.07) is 19.3. The van der Waals surface area contributed by atoms with E-state index >= 15 is 0 Å². The molecule has 4 nitrogen and oxygen atoms in total. The normalized spacial score (nSPS) is 11.2. The van der Waals surface area contributed by atoms with Crippen LogP contribution in [0.4, 0.5) is 0 Å². The van der Waals surface area contributed by atoms with Crippen LogP contribution in [0, 0.1) is 10.2 Å². The molecule has 0 atom stereocenters. The van der Waals surface area contributed by atoms with Gasteiger partial charge < -0.3 is 0 Å². The van der Waals surface area contributed by atoms with E-state index in [2.05, 4.69) is 54.6 Å². The Morgan fingerprint density at radius 3 is 1.47 bits per heavy atom. The summed E-state index contributed by atoms with van der Waals surface area (Å²) in [5.74, 6) is 0. The molecule has 0 aliphatic heterocycles. The van der Waals surface area contributed by atoms with Crippen LogP contribution < -0.4 is 18.6 Å². The van der Waals surface area contributed by atoms with Gasteiger partial charge in [0.2, 0.25) is 20.7 Å². The lowest BCUT2D eigenvalue weighted by Crippen LogP contribution is -2.68. The van der Waals surface area contributed by atoms with Crippen LogP contribution >= 0.6 is 11.3 Å². The molecule has 3 rings (SSSR count). The van der Waals surface area contributed by atoms with Gasteiger partial charge in [0, 0.05) is 22.9 Å². The molecule has 19 heavy (non-hydrogen) atoms. The zero-order valence-electron chi connectivity index (χ0n) is 9.62. The largest absolute Gasteiger partial charge is 0.238 e. The van der Waals surface area contributed by atoms with E-state index in [1.807, 2.05) is 11.3 Å². The summed E-state index contributed by atoms with van der Waals surface area (Å²) in [5, 5.41) is 2.66. The highest BCUT2D eigenvalue weighted by molar-refractivity contribution is 7.24. The Bertz CT molecular complexity index is 586. The van der Waals surface area contributed by atoms with Crippen molar-refractivity contribution in [3.05, 3.63) is 54.6 Å². The van der Waals surface area contributed by atoms with Gasteiger partial charge >= 0.3 is 0 Å². The van der Waals surface area contributed by atoms with Gasteiger partial charge in [-0.15, -0.1) is 10.2 Å². The number of fused-ring (bicyclic) bond motifs is 2. The van der Waals surface area contributed by atoms with Gasteiger partial charge in [0.1, 0.15) is 0 Å². The van der Waals surface area contributed by atoms with E-state index in [4.69, 9.17) is 18.6 Å². The first-order valence-electron chi connectivity index (χ1n) is 5.26. The van der Waals surface area contributed by atoms with Gasteiger partial charge in [0.15, 0.2) is 0 Å².